The highest BCUT2D eigenvalue weighted by Crippen LogP contribution is 2.07. The molecule has 2 nitrogen and oxygen atoms in total. The second kappa shape index (κ2) is 8.93. The Bertz CT molecular complexity index is 962. The minimum Gasteiger partial charge on any atom is -0.309 e. The first kappa shape index (κ1) is 18.6. The van der Waals surface area contributed by atoms with Gasteiger partial charge in [-0.05, 0) is 54.4 Å². The highest BCUT2D eigenvalue weighted by Gasteiger charge is 1.98. The van der Waals surface area contributed by atoms with Crippen LogP contribution in [0.5, 0.6) is 0 Å². The Balaban J connectivity index is 1.54. The topological polar surface area (TPSA) is 29.1 Å². The molecule has 134 valence electrons. The Labute approximate surface area is 159 Å². The summed E-state index contributed by atoms with van der Waals surface area (Å²) < 4.78 is 12.9. The van der Waals surface area contributed by atoms with Crippen LogP contribution in [-0.4, -0.2) is 5.78 Å². The molecule has 0 saturated heterocycles. The van der Waals surface area contributed by atoms with Crippen LogP contribution in [0.15, 0.2) is 72.8 Å². The van der Waals surface area contributed by atoms with Crippen LogP contribution in [-0.2, 0) is 13.1 Å². The number of carbonyl (C=O) groups excluding carboxylic acids is 1. The van der Waals surface area contributed by atoms with Crippen LogP contribution in [0.4, 0.5) is 4.39 Å². The molecule has 0 aromatic heterocycles. The van der Waals surface area contributed by atoms with Crippen LogP contribution in [0.2, 0.25) is 0 Å². The molecule has 27 heavy (non-hydrogen) atoms. The van der Waals surface area contributed by atoms with E-state index >= 15 is 0 Å². The maximum absolute atomic E-state index is 12.9. The van der Waals surface area contributed by atoms with Crippen LogP contribution >= 0.6 is 0 Å². The highest BCUT2D eigenvalue weighted by atomic mass is 19.1. The average Bonchev–Trinajstić information content (AvgIpc) is 2.69. The van der Waals surface area contributed by atoms with Gasteiger partial charge in [0.2, 0.25) is 0 Å². The fourth-order valence-corrected chi connectivity index (χ4v) is 2.59. The number of hydrogen-bond acceptors (Lipinski definition) is 2. The van der Waals surface area contributed by atoms with Crippen molar-refractivity contribution in [1.29, 1.82) is 0 Å². The fourth-order valence-electron chi connectivity index (χ4n) is 2.59. The van der Waals surface area contributed by atoms with Gasteiger partial charge in [-0.25, -0.2) is 4.39 Å². The average molecular weight is 357 g/mol. The van der Waals surface area contributed by atoms with Gasteiger partial charge in [0.1, 0.15) is 5.82 Å². The summed E-state index contributed by atoms with van der Waals surface area (Å²) in [6, 6.07) is 21.9. The molecule has 0 amide bonds. The number of benzene rings is 3. The van der Waals surface area contributed by atoms with Gasteiger partial charge in [-0.1, -0.05) is 48.2 Å². The van der Waals surface area contributed by atoms with Gasteiger partial charge in [-0.15, -0.1) is 0 Å². The van der Waals surface area contributed by atoms with Crippen LogP contribution < -0.4 is 5.32 Å². The van der Waals surface area contributed by atoms with E-state index in [2.05, 4.69) is 17.2 Å². The Hall–Kier alpha value is -3.22. The molecule has 1 N–H and O–H groups in total. The number of nitrogens with one attached hydrogen (secondary N) is 1. The van der Waals surface area contributed by atoms with Crippen LogP contribution in [0.1, 0.15) is 39.5 Å². The van der Waals surface area contributed by atoms with Gasteiger partial charge < -0.3 is 5.32 Å². The van der Waals surface area contributed by atoms with Gasteiger partial charge in [-0.2, -0.15) is 0 Å². The van der Waals surface area contributed by atoms with Crippen molar-refractivity contribution < 1.29 is 9.18 Å². The normalized spacial score (nSPS) is 10.1. The molecule has 0 unspecified atom stereocenters. The van der Waals surface area contributed by atoms with Gasteiger partial charge in [0.15, 0.2) is 5.78 Å². The quantitative estimate of drug-likeness (QED) is 0.529. The van der Waals surface area contributed by atoms with E-state index in [1.807, 2.05) is 36.4 Å². The second-order valence-corrected chi connectivity index (χ2v) is 6.31. The zero-order valence-electron chi connectivity index (χ0n) is 15.1. The number of halogens is 1. The van der Waals surface area contributed by atoms with E-state index in [0.29, 0.717) is 12.1 Å². The van der Waals surface area contributed by atoms with Crippen LogP contribution in [0.3, 0.4) is 0 Å². The number of ketones is 1. The van der Waals surface area contributed by atoms with Gasteiger partial charge in [0.25, 0.3) is 0 Å². The van der Waals surface area contributed by atoms with E-state index in [1.165, 1.54) is 12.1 Å². The molecule has 3 aromatic carbocycles. The number of rotatable bonds is 5. The summed E-state index contributed by atoms with van der Waals surface area (Å²) in [5, 5.41) is 3.34. The summed E-state index contributed by atoms with van der Waals surface area (Å²) >= 11 is 0. The van der Waals surface area contributed by atoms with E-state index in [1.54, 1.807) is 31.2 Å². The second-order valence-electron chi connectivity index (χ2n) is 6.31. The molecular weight excluding hydrogens is 337 g/mol. The Kier molecular flexibility index (Phi) is 6.14. The maximum Gasteiger partial charge on any atom is 0.159 e. The van der Waals surface area contributed by atoms with Crippen molar-refractivity contribution >= 4 is 5.78 Å². The van der Waals surface area contributed by atoms with Crippen molar-refractivity contribution in [3.63, 3.8) is 0 Å². The van der Waals surface area contributed by atoms with Gasteiger partial charge in [0.05, 0.1) is 0 Å². The predicted molar refractivity (Wildman–Crippen MR) is 106 cm³/mol. The molecule has 0 aliphatic rings. The standard InChI is InChI=1S/C24H20FNO/c1-18(27)23-12-8-20(9-13-23)3-2-19-4-6-21(7-5-19)16-26-17-22-10-14-24(25)15-11-22/h4-15,26H,16-17H2,1H3. The zero-order chi connectivity index (χ0) is 19.1. The summed E-state index contributed by atoms with van der Waals surface area (Å²) in [6.45, 7) is 2.98. The number of carbonyl (C=O) groups is 1. The van der Waals surface area contributed by atoms with Gasteiger partial charge in [0, 0.05) is 29.8 Å². The first-order valence-electron chi connectivity index (χ1n) is 8.77. The molecule has 3 rings (SSSR count). The summed E-state index contributed by atoms with van der Waals surface area (Å²) in [6.07, 6.45) is 0. The molecule has 0 heterocycles. The predicted octanol–water partition coefficient (Wildman–Crippen LogP) is 4.72. The molecule has 3 heteroatoms. The van der Waals surface area contributed by atoms with E-state index in [-0.39, 0.29) is 11.6 Å². The molecule has 3 aromatic rings. The summed E-state index contributed by atoms with van der Waals surface area (Å²) in [4.78, 5) is 11.3. The molecule has 0 radical (unpaired) electrons. The molecule has 0 spiro atoms. The van der Waals surface area contributed by atoms with Crippen molar-refractivity contribution in [2.45, 2.75) is 20.0 Å². The first-order valence-corrected chi connectivity index (χ1v) is 8.77. The molecule has 0 bridgehead atoms. The Morgan fingerprint density at radius 1 is 0.778 bits per heavy atom. The first-order chi connectivity index (χ1) is 13.1. The lowest BCUT2D eigenvalue weighted by molar-refractivity contribution is 0.101. The summed E-state index contributed by atoms with van der Waals surface area (Å²) in [7, 11) is 0. The maximum atomic E-state index is 12.9. The third-order valence-electron chi connectivity index (χ3n) is 4.17. The van der Waals surface area contributed by atoms with E-state index in [9.17, 15) is 9.18 Å². The van der Waals surface area contributed by atoms with E-state index < -0.39 is 0 Å². The third kappa shape index (κ3) is 5.64. The molecule has 0 atom stereocenters. The number of hydrogen-bond donors (Lipinski definition) is 1. The minimum atomic E-state index is -0.217. The Morgan fingerprint density at radius 3 is 1.70 bits per heavy atom. The van der Waals surface area contributed by atoms with Crippen molar-refractivity contribution in [3.05, 3.63) is 106 Å². The van der Waals surface area contributed by atoms with Crippen LogP contribution in [0, 0.1) is 17.7 Å². The van der Waals surface area contributed by atoms with E-state index in [4.69, 9.17) is 0 Å². The van der Waals surface area contributed by atoms with Crippen molar-refractivity contribution in [1.82, 2.24) is 5.32 Å². The summed E-state index contributed by atoms with van der Waals surface area (Å²) in [5.74, 6) is 6.08. The fraction of sp³-hybridized carbons (Fsp3) is 0.125. The van der Waals surface area contributed by atoms with Gasteiger partial charge >= 0.3 is 0 Å². The van der Waals surface area contributed by atoms with Crippen molar-refractivity contribution in [2.75, 3.05) is 0 Å². The zero-order valence-corrected chi connectivity index (χ0v) is 15.1. The number of Topliss-reactive ketones (excluding diaryl/α,β-unsaturated/α-hetero) is 1. The lowest BCUT2D eigenvalue weighted by atomic mass is 10.1. The lowest BCUT2D eigenvalue weighted by Crippen LogP contribution is -2.12. The molecular formula is C24H20FNO. The smallest absolute Gasteiger partial charge is 0.159 e. The van der Waals surface area contributed by atoms with E-state index in [0.717, 1.165) is 28.8 Å². The minimum absolute atomic E-state index is 0.0538. The largest absolute Gasteiger partial charge is 0.309 e. The van der Waals surface area contributed by atoms with Crippen LogP contribution in [0.25, 0.3) is 0 Å². The molecule has 0 aliphatic heterocycles. The van der Waals surface area contributed by atoms with Crippen molar-refractivity contribution in [2.24, 2.45) is 0 Å². The third-order valence-corrected chi connectivity index (χ3v) is 4.17. The Morgan fingerprint density at radius 2 is 1.22 bits per heavy atom. The van der Waals surface area contributed by atoms with Gasteiger partial charge in [-0.3, -0.25) is 4.79 Å². The molecule has 0 fully saturated rings. The monoisotopic (exact) mass is 357 g/mol. The van der Waals surface area contributed by atoms with Crippen molar-refractivity contribution in [3.8, 4) is 11.8 Å². The highest BCUT2D eigenvalue weighted by molar-refractivity contribution is 5.94. The SMILES string of the molecule is CC(=O)c1ccc(C#Cc2ccc(CNCc3ccc(F)cc3)cc2)cc1. The summed E-state index contributed by atoms with van der Waals surface area (Å²) in [5.41, 5.74) is 4.72. The lowest BCUT2D eigenvalue weighted by Gasteiger charge is -2.05. The molecule has 0 saturated carbocycles. The molecule has 0 aliphatic carbocycles.